The van der Waals surface area contributed by atoms with E-state index in [0.717, 1.165) is 5.56 Å². The summed E-state index contributed by atoms with van der Waals surface area (Å²) in [6.07, 6.45) is 0.946. The number of ether oxygens (including phenoxy) is 1. The molecular formula is C16H20N6O4S. The van der Waals surface area contributed by atoms with Crippen LogP contribution < -0.4 is 11.5 Å². The maximum absolute atomic E-state index is 12.9. The number of carbonyl (C=O) groups is 1. The fourth-order valence-corrected chi connectivity index (χ4v) is 4.51. The van der Waals surface area contributed by atoms with Gasteiger partial charge < -0.3 is 16.2 Å². The van der Waals surface area contributed by atoms with Gasteiger partial charge in [0, 0.05) is 6.54 Å². The lowest BCUT2D eigenvalue weighted by Crippen LogP contribution is -2.41. The molecule has 2 heterocycles. The Labute approximate surface area is 156 Å². The summed E-state index contributed by atoms with van der Waals surface area (Å²) in [6.45, 7) is 1.85. The number of carbonyl (C=O) groups excluding carboxylic acids is 1. The number of nitrogens with zero attached hydrogens (tertiary/aromatic N) is 4. The Morgan fingerprint density at radius 1 is 1.19 bits per heavy atom. The van der Waals surface area contributed by atoms with Crippen molar-refractivity contribution in [3.8, 4) is 0 Å². The maximum atomic E-state index is 12.9. The van der Waals surface area contributed by atoms with E-state index in [0.29, 0.717) is 12.8 Å². The number of hydrogen-bond acceptors (Lipinski definition) is 9. The molecule has 1 saturated heterocycles. The highest BCUT2D eigenvalue weighted by molar-refractivity contribution is 7.89. The van der Waals surface area contributed by atoms with E-state index in [1.807, 2.05) is 6.92 Å². The van der Waals surface area contributed by atoms with Crippen molar-refractivity contribution in [3.63, 3.8) is 0 Å². The Hall–Kier alpha value is -2.79. The Balaban J connectivity index is 1.73. The topological polar surface area (TPSA) is 154 Å². The number of nitrogen functional groups attached to an aromatic ring is 2. The molecule has 1 unspecified atom stereocenters. The molecule has 2 aromatic rings. The van der Waals surface area contributed by atoms with Crippen molar-refractivity contribution in [2.45, 2.75) is 37.3 Å². The summed E-state index contributed by atoms with van der Waals surface area (Å²) in [5.41, 5.74) is 11.9. The number of nitrogens with two attached hydrogens (primary N) is 2. The van der Waals surface area contributed by atoms with Gasteiger partial charge in [-0.1, -0.05) is 17.7 Å². The number of rotatable bonds is 5. The monoisotopic (exact) mass is 392 g/mol. The van der Waals surface area contributed by atoms with Crippen LogP contribution in [0.3, 0.4) is 0 Å². The molecule has 1 aliphatic rings. The number of hydrogen-bond donors (Lipinski definition) is 2. The highest BCUT2D eigenvalue weighted by Crippen LogP contribution is 2.27. The minimum Gasteiger partial charge on any atom is -0.456 e. The van der Waals surface area contributed by atoms with Crippen molar-refractivity contribution < 1.29 is 17.9 Å². The molecule has 4 N–H and O–H groups in total. The van der Waals surface area contributed by atoms with Gasteiger partial charge in [-0.05, 0) is 31.9 Å². The number of aryl methyl sites for hydroxylation is 1. The second-order valence-electron chi connectivity index (χ2n) is 6.16. The van der Waals surface area contributed by atoms with Crippen molar-refractivity contribution in [3.05, 3.63) is 35.7 Å². The first-order valence-corrected chi connectivity index (χ1v) is 9.72. The van der Waals surface area contributed by atoms with Crippen molar-refractivity contribution in [2.75, 3.05) is 18.0 Å². The second-order valence-corrected chi connectivity index (χ2v) is 8.05. The highest BCUT2D eigenvalue weighted by Gasteiger charge is 2.40. The van der Waals surface area contributed by atoms with Crippen LogP contribution in [0.2, 0.25) is 0 Å². The average Bonchev–Trinajstić information content (AvgIpc) is 3.10. The van der Waals surface area contributed by atoms with E-state index in [2.05, 4.69) is 15.0 Å². The van der Waals surface area contributed by atoms with Gasteiger partial charge in [0.05, 0.1) is 4.90 Å². The summed E-state index contributed by atoms with van der Waals surface area (Å²) in [7, 11) is -3.79. The van der Waals surface area contributed by atoms with Gasteiger partial charge >= 0.3 is 5.97 Å². The molecule has 1 aromatic carbocycles. The summed E-state index contributed by atoms with van der Waals surface area (Å²) >= 11 is 0. The third-order valence-electron chi connectivity index (χ3n) is 4.16. The third-order valence-corrected chi connectivity index (χ3v) is 6.09. The maximum Gasteiger partial charge on any atom is 0.324 e. The number of sulfonamides is 1. The summed E-state index contributed by atoms with van der Waals surface area (Å²) < 4.78 is 32.1. The van der Waals surface area contributed by atoms with Gasteiger partial charge in [0.25, 0.3) is 0 Å². The van der Waals surface area contributed by atoms with Crippen LogP contribution in [-0.2, 0) is 26.2 Å². The number of anilines is 2. The van der Waals surface area contributed by atoms with Crippen LogP contribution in [0.15, 0.2) is 29.2 Å². The molecule has 1 atom stereocenters. The molecule has 0 spiro atoms. The fraction of sp³-hybridized carbons (Fsp3) is 0.375. The van der Waals surface area contributed by atoms with Crippen molar-refractivity contribution in [1.29, 1.82) is 0 Å². The summed E-state index contributed by atoms with van der Waals surface area (Å²) in [5, 5.41) is 0. The summed E-state index contributed by atoms with van der Waals surface area (Å²) in [6, 6.07) is 5.59. The molecule has 1 aliphatic heterocycles. The zero-order valence-electron chi connectivity index (χ0n) is 14.7. The largest absolute Gasteiger partial charge is 0.456 e. The van der Waals surface area contributed by atoms with E-state index in [4.69, 9.17) is 16.2 Å². The zero-order valence-corrected chi connectivity index (χ0v) is 15.5. The SMILES string of the molecule is Cc1ccc(S(=O)(=O)N2CCCC2C(=O)OCc2nc(N)nc(N)n2)cc1. The normalized spacial score (nSPS) is 17.7. The van der Waals surface area contributed by atoms with Crippen LogP contribution in [0.5, 0.6) is 0 Å². The molecule has 144 valence electrons. The van der Waals surface area contributed by atoms with Gasteiger partial charge in [-0.25, -0.2) is 8.42 Å². The summed E-state index contributed by atoms with van der Waals surface area (Å²) in [4.78, 5) is 23.9. The van der Waals surface area contributed by atoms with E-state index in [-0.39, 0.29) is 35.8 Å². The molecule has 1 fully saturated rings. The van der Waals surface area contributed by atoms with E-state index in [1.165, 1.54) is 16.4 Å². The minimum absolute atomic E-state index is 0.0852. The van der Waals surface area contributed by atoms with E-state index < -0.39 is 22.0 Å². The van der Waals surface area contributed by atoms with Gasteiger partial charge in [0.15, 0.2) is 12.4 Å². The Kier molecular flexibility index (Phi) is 5.24. The Morgan fingerprint density at radius 2 is 1.81 bits per heavy atom. The molecule has 3 rings (SSSR count). The lowest BCUT2D eigenvalue weighted by Gasteiger charge is -2.22. The van der Waals surface area contributed by atoms with E-state index in [1.54, 1.807) is 12.1 Å². The first-order chi connectivity index (χ1) is 12.8. The standard InChI is InChI=1S/C16H20N6O4S/c1-10-4-6-11(7-5-10)27(24,25)22-8-2-3-12(22)14(23)26-9-13-19-15(17)21-16(18)20-13/h4-7,12H,2-3,8-9H2,1H3,(H4,17,18,19,20,21). The number of esters is 1. The molecule has 0 amide bonds. The van der Waals surface area contributed by atoms with Crippen LogP contribution in [0.4, 0.5) is 11.9 Å². The van der Waals surface area contributed by atoms with E-state index >= 15 is 0 Å². The predicted octanol–water partition coefficient (Wildman–Crippen LogP) is 0.241. The van der Waals surface area contributed by atoms with Crippen LogP contribution >= 0.6 is 0 Å². The minimum atomic E-state index is -3.79. The van der Waals surface area contributed by atoms with Crippen molar-refractivity contribution in [2.24, 2.45) is 0 Å². The first kappa shape index (κ1) is 19.0. The molecule has 1 aromatic heterocycles. The number of aromatic nitrogens is 3. The van der Waals surface area contributed by atoms with Gasteiger partial charge in [-0.2, -0.15) is 19.3 Å². The molecule has 0 aliphatic carbocycles. The molecule has 27 heavy (non-hydrogen) atoms. The van der Waals surface area contributed by atoms with Crippen LogP contribution in [0, 0.1) is 6.92 Å². The fourth-order valence-electron chi connectivity index (χ4n) is 2.86. The second kappa shape index (κ2) is 7.45. The van der Waals surface area contributed by atoms with Gasteiger partial charge in [0.2, 0.25) is 21.9 Å². The van der Waals surface area contributed by atoms with Crippen molar-refractivity contribution >= 4 is 27.9 Å². The molecule has 0 radical (unpaired) electrons. The molecule has 0 bridgehead atoms. The number of benzene rings is 1. The lowest BCUT2D eigenvalue weighted by molar-refractivity contribution is -0.149. The van der Waals surface area contributed by atoms with Gasteiger partial charge in [-0.3, -0.25) is 4.79 Å². The Bertz CT molecular complexity index is 928. The Morgan fingerprint density at radius 3 is 2.44 bits per heavy atom. The molecular weight excluding hydrogens is 372 g/mol. The molecule has 11 heteroatoms. The summed E-state index contributed by atoms with van der Waals surface area (Å²) in [5.74, 6) is -0.740. The molecule has 10 nitrogen and oxygen atoms in total. The smallest absolute Gasteiger partial charge is 0.324 e. The van der Waals surface area contributed by atoms with Crippen molar-refractivity contribution in [1.82, 2.24) is 19.3 Å². The highest BCUT2D eigenvalue weighted by atomic mass is 32.2. The van der Waals surface area contributed by atoms with E-state index in [9.17, 15) is 13.2 Å². The quantitative estimate of drug-likeness (QED) is 0.681. The van der Waals surface area contributed by atoms with Crippen LogP contribution in [-0.4, -0.2) is 46.2 Å². The van der Waals surface area contributed by atoms with Crippen LogP contribution in [0.1, 0.15) is 24.2 Å². The average molecular weight is 392 g/mol. The molecule has 0 saturated carbocycles. The first-order valence-electron chi connectivity index (χ1n) is 8.28. The zero-order chi connectivity index (χ0) is 19.6. The third kappa shape index (κ3) is 4.14. The predicted molar refractivity (Wildman–Crippen MR) is 96.5 cm³/mol. The lowest BCUT2D eigenvalue weighted by atomic mass is 10.2. The van der Waals surface area contributed by atoms with Gasteiger partial charge in [-0.15, -0.1) is 0 Å². The van der Waals surface area contributed by atoms with Gasteiger partial charge in [0.1, 0.15) is 6.04 Å². The van der Waals surface area contributed by atoms with Crippen LogP contribution in [0.25, 0.3) is 0 Å².